The molecule has 1 aliphatic heterocycles. The average Bonchev–Trinajstić information content (AvgIpc) is 2.12. The fourth-order valence-electron chi connectivity index (χ4n) is 1.23. The van der Waals surface area contributed by atoms with Gasteiger partial charge in [-0.05, 0) is 40.8 Å². The third-order valence-corrected chi connectivity index (χ3v) is 3.23. The van der Waals surface area contributed by atoms with Crippen molar-refractivity contribution in [3.8, 4) is 5.75 Å². The van der Waals surface area contributed by atoms with Crippen LogP contribution in [0.3, 0.4) is 0 Å². The Bertz CT molecular complexity index is 365. The Labute approximate surface area is 97.9 Å². The Balaban J connectivity index is 2.51. The summed E-state index contributed by atoms with van der Waals surface area (Å²) in [7, 11) is 0. The maximum atomic E-state index is 11.6. The van der Waals surface area contributed by atoms with Gasteiger partial charge in [-0.1, -0.05) is 15.9 Å². The van der Waals surface area contributed by atoms with E-state index < -0.39 is 0 Å². The van der Waals surface area contributed by atoms with Crippen molar-refractivity contribution < 1.29 is 9.53 Å². The van der Waals surface area contributed by atoms with E-state index in [2.05, 4.69) is 38.5 Å². The Kier molecular flexibility index (Phi) is 2.60. The van der Waals surface area contributed by atoms with E-state index in [1.165, 1.54) is 0 Å². The molecule has 4 heteroatoms. The molecule has 0 fully saturated rings. The second-order valence-corrected chi connectivity index (χ2v) is 5.13. The maximum Gasteiger partial charge on any atom is 0.183 e. The molecule has 1 unspecified atom stereocenters. The first-order chi connectivity index (χ1) is 6.18. The van der Waals surface area contributed by atoms with Crippen LogP contribution in [0.15, 0.2) is 18.2 Å². The van der Waals surface area contributed by atoms with E-state index in [0.717, 1.165) is 3.57 Å². The van der Waals surface area contributed by atoms with E-state index in [-0.39, 0.29) is 10.6 Å². The summed E-state index contributed by atoms with van der Waals surface area (Å²) in [6.07, 6.45) is 0. The van der Waals surface area contributed by atoms with E-state index in [0.29, 0.717) is 17.9 Å². The number of carbonyl (C=O) groups excluding carboxylic acids is 1. The molecule has 0 amide bonds. The standard InChI is InChI=1S/C9H6BrIO2/c10-7-4-13-8-2-1-5(11)3-6(8)9(7)12/h1-3,7H,4H2. The van der Waals surface area contributed by atoms with Crippen LogP contribution in [0.25, 0.3) is 0 Å². The zero-order chi connectivity index (χ0) is 9.42. The van der Waals surface area contributed by atoms with Crippen molar-refractivity contribution >= 4 is 44.3 Å². The van der Waals surface area contributed by atoms with Gasteiger partial charge in [0.15, 0.2) is 5.78 Å². The minimum absolute atomic E-state index is 0.111. The largest absolute Gasteiger partial charge is 0.491 e. The number of benzene rings is 1. The lowest BCUT2D eigenvalue weighted by Gasteiger charge is -2.20. The monoisotopic (exact) mass is 352 g/mol. The normalized spacial score (nSPS) is 20.8. The molecule has 1 atom stereocenters. The lowest BCUT2D eigenvalue weighted by Crippen LogP contribution is -2.27. The molecule has 2 rings (SSSR count). The number of Topliss-reactive ketones (excluding diaryl/α,β-unsaturated/α-hetero) is 1. The molecule has 0 spiro atoms. The summed E-state index contributed by atoms with van der Waals surface area (Å²) in [6, 6.07) is 5.63. The molecule has 0 bridgehead atoms. The molecular formula is C9H6BrIO2. The van der Waals surface area contributed by atoms with Crippen LogP contribution in [-0.4, -0.2) is 17.2 Å². The zero-order valence-electron chi connectivity index (χ0n) is 6.59. The first-order valence-corrected chi connectivity index (χ1v) is 5.78. The van der Waals surface area contributed by atoms with Gasteiger partial charge in [-0.25, -0.2) is 0 Å². The van der Waals surface area contributed by atoms with Gasteiger partial charge >= 0.3 is 0 Å². The molecule has 0 saturated carbocycles. The highest BCUT2D eigenvalue weighted by Crippen LogP contribution is 2.28. The van der Waals surface area contributed by atoms with E-state index in [1.54, 1.807) is 0 Å². The van der Waals surface area contributed by atoms with Crippen LogP contribution in [0.1, 0.15) is 10.4 Å². The molecule has 2 nitrogen and oxygen atoms in total. The second-order valence-electron chi connectivity index (χ2n) is 2.78. The molecule has 13 heavy (non-hydrogen) atoms. The van der Waals surface area contributed by atoms with Crippen LogP contribution in [0.5, 0.6) is 5.75 Å². The maximum absolute atomic E-state index is 11.6. The van der Waals surface area contributed by atoms with Crippen molar-refractivity contribution in [1.29, 1.82) is 0 Å². The number of hydrogen-bond acceptors (Lipinski definition) is 2. The van der Waals surface area contributed by atoms with E-state index in [1.807, 2.05) is 18.2 Å². The van der Waals surface area contributed by atoms with Gasteiger partial charge in [0.2, 0.25) is 0 Å². The number of hydrogen-bond donors (Lipinski definition) is 0. The minimum Gasteiger partial charge on any atom is -0.491 e. The number of ketones is 1. The lowest BCUT2D eigenvalue weighted by atomic mass is 10.1. The zero-order valence-corrected chi connectivity index (χ0v) is 10.3. The molecule has 0 saturated heterocycles. The van der Waals surface area contributed by atoms with Crippen LogP contribution in [0, 0.1) is 3.57 Å². The Hall–Kier alpha value is -0.100. The first-order valence-electron chi connectivity index (χ1n) is 3.79. The number of alkyl halides is 1. The van der Waals surface area contributed by atoms with Gasteiger partial charge in [0.25, 0.3) is 0 Å². The minimum atomic E-state index is -0.196. The summed E-state index contributed by atoms with van der Waals surface area (Å²) in [6.45, 7) is 0.423. The SMILES string of the molecule is O=C1c2cc(I)ccc2OCC1Br. The van der Waals surface area contributed by atoms with Crippen LogP contribution >= 0.6 is 38.5 Å². The fourth-order valence-corrected chi connectivity index (χ4v) is 2.10. The summed E-state index contributed by atoms with van der Waals surface area (Å²) in [5, 5.41) is 0. The van der Waals surface area contributed by atoms with Gasteiger partial charge in [0, 0.05) is 3.57 Å². The summed E-state index contributed by atoms with van der Waals surface area (Å²) in [5.74, 6) is 0.806. The van der Waals surface area contributed by atoms with Gasteiger partial charge in [0.05, 0.1) is 5.56 Å². The number of fused-ring (bicyclic) bond motifs is 1. The first kappa shape index (κ1) is 9.45. The van der Waals surface area contributed by atoms with Crippen molar-refractivity contribution in [3.05, 3.63) is 27.3 Å². The number of ether oxygens (including phenoxy) is 1. The predicted octanol–water partition coefficient (Wildman–Crippen LogP) is 2.63. The van der Waals surface area contributed by atoms with Gasteiger partial charge in [-0.15, -0.1) is 0 Å². The summed E-state index contributed by atoms with van der Waals surface area (Å²) < 4.78 is 6.44. The van der Waals surface area contributed by atoms with Gasteiger partial charge in [-0.2, -0.15) is 0 Å². The molecule has 0 aliphatic carbocycles. The number of halogens is 2. The third-order valence-electron chi connectivity index (χ3n) is 1.88. The van der Waals surface area contributed by atoms with E-state index in [9.17, 15) is 4.79 Å². The van der Waals surface area contributed by atoms with E-state index in [4.69, 9.17) is 4.74 Å². The van der Waals surface area contributed by atoms with Crippen LogP contribution < -0.4 is 4.74 Å². The Morgan fingerprint density at radius 3 is 3.08 bits per heavy atom. The lowest BCUT2D eigenvalue weighted by molar-refractivity contribution is 0.0946. The number of rotatable bonds is 0. The van der Waals surface area contributed by atoms with Crippen LogP contribution in [0.2, 0.25) is 0 Å². The predicted molar refractivity (Wildman–Crippen MR) is 61.7 cm³/mol. The Morgan fingerprint density at radius 1 is 1.54 bits per heavy atom. The fraction of sp³-hybridized carbons (Fsp3) is 0.222. The van der Waals surface area contributed by atoms with Crippen molar-refractivity contribution in [1.82, 2.24) is 0 Å². The molecule has 68 valence electrons. The average molecular weight is 353 g/mol. The highest BCUT2D eigenvalue weighted by Gasteiger charge is 2.26. The van der Waals surface area contributed by atoms with Crippen LogP contribution in [0.4, 0.5) is 0 Å². The number of carbonyl (C=O) groups is 1. The smallest absolute Gasteiger partial charge is 0.183 e. The molecule has 0 N–H and O–H groups in total. The van der Waals surface area contributed by atoms with Crippen LogP contribution in [-0.2, 0) is 0 Å². The summed E-state index contributed by atoms with van der Waals surface area (Å²) in [5.41, 5.74) is 0.681. The Morgan fingerprint density at radius 2 is 2.31 bits per heavy atom. The molecule has 1 aromatic rings. The summed E-state index contributed by atoms with van der Waals surface area (Å²) >= 11 is 5.45. The van der Waals surface area contributed by atoms with Crippen molar-refractivity contribution in [3.63, 3.8) is 0 Å². The highest BCUT2D eigenvalue weighted by atomic mass is 127. The quantitative estimate of drug-likeness (QED) is 0.530. The molecule has 1 heterocycles. The van der Waals surface area contributed by atoms with Crippen molar-refractivity contribution in [2.45, 2.75) is 4.83 Å². The van der Waals surface area contributed by atoms with Gasteiger partial charge in [0.1, 0.15) is 17.2 Å². The molecule has 1 aliphatic rings. The topological polar surface area (TPSA) is 26.3 Å². The highest BCUT2D eigenvalue weighted by molar-refractivity contribution is 14.1. The molecular weight excluding hydrogens is 347 g/mol. The van der Waals surface area contributed by atoms with Crippen molar-refractivity contribution in [2.75, 3.05) is 6.61 Å². The third kappa shape index (κ3) is 1.74. The summed E-state index contributed by atoms with van der Waals surface area (Å²) in [4.78, 5) is 11.4. The molecule has 0 aromatic heterocycles. The van der Waals surface area contributed by atoms with Gasteiger partial charge in [-0.3, -0.25) is 4.79 Å². The van der Waals surface area contributed by atoms with Gasteiger partial charge < -0.3 is 4.74 Å². The van der Waals surface area contributed by atoms with Crippen molar-refractivity contribution in [2.24, 2.45) is 0 Å². The van der Waals surface area contributed by atoms with E-state index >= 15 is 0 Å². The second kappa shape index (κ2) is 3.57. The molecule has 0 radical (unpaired) electrons. The molecule has 1 aromatic carbocycles.